The molecule has 17 heavy (non-hydrogen) atoms. The highest BCUT2D eigenvalue weighted by Crippen LogP contribution is 2.21. The fourth-order valence-electron chi connectivity index (χ4n) is 1.68. The summed E-state index contributed by atoms with van der Waals surface area (Å²) in [6, 6.07) is 6.63. The fourth-order valence-corrected chi connectivity index (χ4v) is 1.68. The van der Waals surface area contributed by atoms with E-state index in [1.54, 1.807) is 7.11 Å². The van der Waals surface area contributed by atoms with E-state index < -0.39 is 12.5 Å². The van der Waals surface area contributed by atoms with Crippen LogP contribution < -0.4 is 10.1 Å². The quantitative estimate of drug-likeness (QED) is 0.827. The first kappa shape index (κ1) is 13.9. The zero-order valence-corrected chi connectivity index (χ0v) is 10.4. The molecule has 0 aliphatic heterocycles. The predicted molar refractivity (Wildman–Crippen MR) is 64.6 cm³/mol. The summed E-state index contributed by atoms with van der Waals surface area (Å²) in [5, 5.41) is 2.93. The van der Waals surface area contributed by atoms with E-state index >= 15 is 0 Å². The van der Waals surface area contributed by atoms with E-state index in [1.807, 2.05) is 31.2 Å². The summed E-state index contributed by atoms with van der Waals surface area (Å²) in [7, 11) is 1.60. The lowest BCUT2D eigenvalue weighted by atomic mass is 10.0. The zero-order chi connectivity index (χ0) is 12.8. The second kappa shape index (κ2) is 6.55. The van der Waals surface area contributed by atoms with Crippen molar-refractivity contribution in [1.82, 2.24) is 5.32 Å². The van der Waals surface area contributed by atoms with Gasteiger partial charge in [-0.2, -0.15) is 0 Å². The van der Waals surface area contributed by atoms with Crippen molar-refractivity contribution >= 4 is 0 Å². The molecule has 0 bridgehead atoms. The lowest BCUT2D eigenvalue weighted by Crippen LogP contribution is -2.35. The summed E-state index contributed by atoms with van der Waals surface area (Å²) in [6.07, 6.45) is -1.58. The highest BCUT2D eigenvalue weighted by Gasteiger charge is 2.19. The van der Waals surface area contributed by atoms with Crippen LogP contribution >= 0.6 is 0 Å². The van der Waals surface area contributed by atoms with E-state index in [-0.39, 0.29) is 6.04 Å². The van der Waals surface area contributed by atoms with Crippen LogP contribution in [0.3, 0.4) is 0 Å². The van der Waals surface area contributed by atoms with E-state index in [0.717, 1.165) is 17.7 Å². The van der Waals surface area contributed by atoms with Gasteiger partial charge in [0, 0.05) is 6.04 Å². The molecular formula is C13H19F2NO. The Morgan fingerprint density at radius 2 is 1.82 bits per heavy atom. The highest BCUT2D eigenvalue weighted by atomic mass is 19.3. The lowest BCUT2D eigenvalue weighted by Gasteiger charge is -2.22. The Morgan fingerprint density at radius 3 is 2.24 bits per heavy atom. The third kappa shape index (κ3) is 3.97. The number of hydrogen-bond donors (Lipinski definition) is 1. The van der Waals surface area contributed by atoms with Crippen molar-refractivity contribution in [2.24, 2.45) is 0 Å². The molecule has 2 unspecified atom stereocenters. The van der Waals surface area contributed by atoms with E-state index in [0.29, 0.717) is 0 Å². The number of rotatable bonds is 6. The number of benzene rings is 1. The van der Waals surface area contributed by atoms with Crippen LogP contribution in [0.1, 0.15) is 31.9 Å². The third-order valence-corrected chi connectivity index (χ3v) is 2.77. The number of alkyl halides is 2. The van der Waals surface area contributed by atoms with Crippen molar-refractivity contribution in [3.8, 4) is 5.75 Å². The van der Waals surface area contributed by atoms with Crippen molar-refractivity contribution in [3.63, 3.8) is 0 Å². The molecule has 0 heterocycles. The van der Waals surface area contributed by atoms with Crippen LogP contribution in [-0.4, -0.2) is 19.6 Å². The van der Waals surface area contributed by atoms with Crippen molar-refractivity contribution in [3.05, 3.63) is 29.8 Å². The van der Waals surface area contributed by atoms with E-state index in [1.165, 1.54) is 6.92 Å². The minimum absolute atomic E-state index is 0.0510. The number of hydrogen-bond acceptors (Lipinski definition) is 2. The minimum Gasteiger partial charge on any atom is -0.497 e. The van der Waals surface area contributed by atoms with Gasteiger partial charge in [-0.25, -0.2) is 8.78 Å². The molecule has 96 valence electrons. The van der Waals surface area contributed by atoms with Gasteiger partial charge in [0.15, 0.2) is 0 Å². The maximum Gasteiger partial charge on any atom is 0.253 e. The van der Waals surface area contributed by atoms with E-state index in [4.69, 9.17) is 4.74 Å². The van der Waals surface area contributed by atoms with Crippen LogP contribution in [0.25, 0.3) is 0 Å². The number of halogens is 2. The van der Waals surface area contributed by atoms with Gasteiger partial charge in [-0.15, -0.1) is 0 Å². The monoisotopic (exact) mass is 243 g/mol. The molecule has 0 fully saturated rings. The fraction of sp³-hybridized carbons (Fsp3) is 0.538. The van der Waals surface area contributed by atoms with Crippen LogP contribution in [0.15, 0.2) is 24.3 Å². The van der Waals surface area contributed by atoms with Crippen LogP contribution in [-0.2, 0) is 0 Å². The van der Waals surface area contributed by atoms with Crippen LogP contribution in [0.4, 0.5) is 8.78 Å². The topological polar surface area (TPSA) is 21.3 Å². The minimum atomic E-state index is -2.35. The maximum atomic E-state index is 12.5. The summed E-state index contributed by atoms with van der Waals surface area (Å²) in [6.45, 7) is 3.47. The number of nitrogens with one attached hydrogen (secondary N) is 1. The number of methoxy groups -OCH3 is 1. The average Bonchev–Trinajstić information content (AvgIpc) is 2.35. The van der Waals surface area contributed by atoms with Crippen molar-refractivity contribution in [2.75, 3.05) is 7.11 Å². The first-order chi connectivity index (χ1) is 8.08. The second-order valence-corrected chi connectivity index (χ2v) is 4.02. The third-order valence-electron chi connectivity index (χ3n) is 2.77. The normalized spacial score (nSPS) is 14.7. The van der Waals surface area contributed by atoms with E-state index in [2.05, 4.69) is 5.32 Å². The summed E-state index contributed by atoms with van der Waals surface area (Å²) in [5.74, 6) is 0.769. The van der Waals surface area contributed by atoms with Gasteiger partial charge in [-0.1, -0.05) is 19.1 Å². The standard InChI is InChI=1S/C13H19F2NO/c1-4-12(16-9(2)13(14)15)10-5-7-11(17-3)8-6-10/h5-9,12-13,16H,4H2,1-3H3. The Balaban J connectivity index is 2.72. The summed E-state index contributed by atoms with van der Waals surface area (Å²) >= 11 is 0. The van der Waals surface area contributed by atoms with Crippen LogP contribution in [0.2, 0.25) is 0 Å². The molecule has 0 radical (unpaired) electrons. The average molecular weight is 243 g/mol. The summed E-state index contributed by atoms with van der Waals surface area (Å²) < 4.78 is 30.0. The molecule has 0 aromatic heterocycles. The zero-order valence-electron chi connectivity index (χ0n) is 10.4. The van der Waals surface area contributed by atoms with Gasteiger partial charge >= 0.3 is 0 Å². The Morgan fingerprint density at radius 1 is 1.24 bits per heavy atom. The largest absolute Gasteiger partial charge is 0.497 e. The van der Waals surface area contributed by atoms with Crippen molar-refractivity contribution in [1.29, 1.82) is 0 Å². The van der Waals surface area contributed by atoms with Gasteiger partial charge in [-0.3, -0.25) is 0 Å². The first-order valence-electron chi connectivity index (χ1n) is 5.76. The molecular weight excluding hydrogens is 224 g/mol. The molecule has 1 aromatic carbocycles. The SMILES string of the molecule is CCC(NC(C)C(F)F)c1ccc(OC)cc1. The molecule has 0 spiro atoms. The van der Waals surface area contributed by atoms with Gasteiger partial charge in [0.25, 0.3) is 6.43 Å². The van der Waals surface area contributed by atoms with E-state index in [9.17, 15) is 8.78 Å². The number of ether oxygens (including phenoxy) is 1. The molecule has 2 atom stereocenters. The molecule has 1 aromatic rings. The van der Waals surface area contributed by atoms with Crippen molar-refractivity contribution < 1.29 is 13.5 Å². The van der Waals surface area contributed by atoms with Gasteiger partial charge in [-0.05, 0) is 31.0 Å². The van der Waals surface area contributed by atoms with Crippen LogP contribution in [0, 0.1) is 0 Å². The first-order valence-corrected chi connectivity index (χ1v) is 5.76. The Kier molecular flexibility index (Phi) is 5.35. The molecule has 1 N–H and O–H groups in total. The van der Waals surface area contributed by atoms with Gasteiger partial charge in [0.2, 0.25) is 0 Å². The molecule has 0 saturated heterocycles. The van der Waals surface area contributed by atoms with Crippen LogP contribution in [0.5, 0.6) is 5.75 Å². The Hall–Kier alpha value is -1.16. The molecule has 0 saturated carbocycles. The van der Waals surface area contributed by atoms with Gasteiger partial charge in [0.05, 0.1) is 13.2 Å². The molecule has 0 aliphatic rings. The second-order valence-electron chi connectivity index (χ2n) is 4.02. The predicted octanol–water partition coefficient (Wildman–Crippen LogP) is 3.39. The molecule has 0 amide bonds. The smallest absolute Gasteiger partial charge is 0.253 e. The summed E-state index contributed by atoms with van der Waals surface area (Å²) in [5.41, 5.74) is 1.00. The maximum absolute atomic E-state index is 12.5. The van der Waals surface area contributed by atoms with Gasteiger partial charge < -0.3 is 10.1 Å². The lowest BCUT2D eigenvalue weighted by molar-refractivity contribution is 0.0995. The molecule has 4 heteroatoms. The Labute approximate surface area is 101 Å². The summed E-state index contributed by atoms with van der Waals surface area (Å²) in [4.78, 5) is 0. The van der Waals surface area contributed by atoms with Crippen molar-refractivity contribution in [2.45, 2.75) is 38.8 Å². The molecule has 2 nitrogen and oxygen atoms in total. The Bertz CT molecular complexity index is 327. The highest BCUT2D eigenvalue weighted by molar-refractivity contribution is 5.29. The molecule has 0 aliphatic carbocycles. The molecule has 1 rings (SSSR count). The van der Waals surface area contributed by atoms with Gasteiger partial charge in [0.1, 0.15) is 5.75 Å².